The summed E-state index contributed by atoms with van der Waals surface area (Å²) in [6.45, 7) is 7.34. The molecule has 0 aromatic heterocycles. The van der Waals surface area contributed by atoms with Gasteiger partial charge < -0.3 is 24.4 Å². The van der Waals surface area contributed by atoms with E-state index in [-0.39, 0.29) is 18.4 Å². The molecule has 6 heteroatoms. The van der Waals surface area contributed by atoms with Crippen molar-refractivity contribution < 1.29 is 24.4 Å². The van der Waals surface area contributed by atoms with Crippen molar-refractivity contribution in [1.82, 2.24) is 5.32 Å². The van der Waals surface area contributed by atoms with Gasteiger partial charge in [0.25, 0.3) is 0 Å². The van der Waals surface area contributed by atoms with E-state index in [1.54, 1.807) is 13.8 Å². The minimum Gasteiger partial charge on any atom is -0.378 e. The van der Waals surface area contributed by atoms with Crippen molar-refractivity contribution in [3.8, 4) is 0 Å². The molecule has 3 fully saturated rings. The van der Waals surface area contributed by atoms with Crippen molar-refractivity contribution >= 4 is 0 Å². The Morgan fingerprint density at radius 2 is 1.53 bits per heavy atom. The van der Waals surface area contributed by atoms with Crippen LogP contribution in [0.3, 0.4) is 0 Å². The summed E-state index contributed by atoms with van der Waals surface area (Å²) >= 11 is 0. The van der Waals surface area contributed by atoms with Crippen LogP contribution in [0.5, 0.6) is 0 Å². The van der Waals surface area contributed by atoms with E-state index in [2.05, 4.69) is 12.2 Å². The van der Waals surface area contributed by atoms with E-state index < -0.39 is 11.9 Å². The standard InChI is InChI=1S/C28H53NO5/c1-4-5-6-10-19-32-26-22(13-18-25(29-26)21-11-8-7-9-12-21)20-33-23-14-16-24(17-15-23)34-28(2,3)27(30)31/h21-27,29-31H,4-20H2,1-3H3. The lowest BCUT2D eigenvalue weighted by atomic mass is 9.79. The Morgan fingerprint density at radius 3 is 2.21 bits per heavy atom. The van der Waals surface area contributed by atoms with E-state index in [0.29, 0.717) is 12.0 Å². The van der Waals surface area contributed by atoms with Gasteiger partial charge in [-0.3, -0.25) is 5.32 Å². The Labute approximate surface area is 208 Å². The van der Waals surface area contributed by atoms with Gasteiger partial charge in [0.1, 0.15) is 11.8 Å². The van der Waals surface area contributed by atoms with Gasteiger partial charge in [0, 0.05) is 18.6 Å². The van der Waals surface area contributed by atoms with Crippen LogP contribution < -0.4 is 5.32 Å². The summed E-state index contributed by atoms with van der Waals surface area (Å²) in [6, 6.07) is 0.606. The van der Waals surface area contributed by atoms with Gasteiger partial charge in [-0.2, -0.15) is 0 Å². The van der Waals surface area contributed by atoms with Crippen LogP contribution in [-0.4, -0.2) is 59.8 Å². The number of ether oxygens (including phenoxy) is 3. The normalized spacial score (nSPS) is 31.8. The zero-order valence-electron chi connectivity index (χ0n) is 22.2. The number of nitrogens with one attached hydrogen (secondary N) is 1. The summed E-state index contributed by atoms with van der Waals surface area (Å²) in [7, 11) is 0. The smallest absolute Gasteiger partial charge is 0.180 e. The highest BCUT2D eigenvalue weighted by Crippen LogP contribution is 2.34. The van der Waals surface area contributed by atoms with Crippen LogP contribution in [-0.2, 0) is 14.2 Å². The lowest BCUT2D eigenvalue weighted by Crippen LogP contribution is -2.53. The van der Waals surface area contributed by atoms with E-state index in [1.165, 1.54) is 64.2 Å². The van der Waals surface area contributed by atoms with E-state index >= 15 is 0 Å². The Balaban J connectivity index is 1.43. The maximum Gasteiger partial charge on any atom is 0.180 e. The molecule has 3 aliphatic rings. The quantitative estimate of drug-likeness (QED) is 0.244. The maximum atomic E-state index is 9.51. The molecule has 2 aliphatic carbocycles. The van der Waals surface area contributed by atoms with Crippen LogP contribution in [0.2, 0.25) is 0 Å². The molecule has 6 nitrogen and oxygen atoms in total. The number of aliphatic hydroxyl groups is 2. The molecule has 1 aliphatic heterocycles. The molecule has 0 bridgehead atoms. The van der Waals surface area contributed by atoms with Crippen LogP contribution in [0.25, 0.3) is 0 Å². The van der Waals surface area contributed by atoms with Crippen LogP contribution in [0, 0.1) is 11.8 Å². The van der Waals surface area contributed by atoms with E-state index in [9.17, 15) is 10.2 Å². The Bertz CT molecular complexity index is 543. The monoisotopic (exact) mass is 483 g/mol. The van der Waals surface area contributed by atoms with Crippen molar-refractivity contribution in [1.29, 1.82) is 0 Å². The molecule has 3 N–H and O–H groups in total. The number of hydrogen-bond donors (Lipinski definition) is 3. The molecule has 34 heavy (non-hydrogen) atoms. The topological polar surface area (TPSA) is 80.2 Å². The molecule has 3 unspecified atom stereocenters. The van der Waals surface area contributed by atoms with Gasteiger partial charge in [-0.15, -0.1) is 0 Å². The number of piperidine rings is 1. The largest absolute Gasteiger partial charge is 0.378 e. The van der Waals surface area contributed by atoms with Crippen LogP contribution in [0.15, 0.2) is 0 Å². The first-order chi connectivity index (χ1) is 16.4. The molecule has 3 atom stereocenters. The first-order valence-electron chi connectivity index (χ1n) is 14.4. The molecule has 1 saturated heterocycles. The highest BCUT2D eigenvalue weighted by atomic mass is 16.6. The average molecular weight is 484 g/mol. The second-order valence-electron chi connectivity index (χ2n) is 11.7. The molecule has 1 heterocycles. The molecule has 0 radical (unpaired) electrons. The van der Waals surface area contributed by atoms with Crippen LogP contribution in [0.1, 0.15) is 117 Å². The third-order valence-electron chi connectivity index (χ3n) is 8.43. The maximum absolute atomic E-state index is 9.51. The summed E-state index contributed by atoms with van der Waals surface area (Å²) in [4.78, 5) is 0. The summed E-state index contributed by atoms with van der Waals surface area (Å²) in [5, 5.41) is 22.9. The van der Waals surface area contributed by atoms with Crippen molar-refractivity contribution in [3.05, 3.63) is 0 Å². The first kappa shape index (κ1) is 28.3. The summed E-state index contributed by atoms with van der Waals surface area (Å²) < 4.78 is 18.8. The first-order valence-corrected chi connectivity index (χ1v) is 14.4. The molecule has 200 valence electrons. The number of hydrogen-bond acceptors (Lipinski definition) is 6. The molecule has 3 rings (SSSR count). The summed E-state index contributed by atoms with van der Waals surface area (Å²) in [5.41, 5.74) is -0.928. The molecule has 0 aromatic carbocycles. The minimum atomic E-state index is -1.46. The highest BCUT2D eigenvalue weighted by molar-refractivity contribution is 4.88. The molecule has 2 saturated carbocycles. The van der Waals surface area contributed by atoms with E-state index in [1.807, 2.05) is 0 Å². The van der Waals surface area contributed by atoms with Gasteiger partial charge >= 0.3 is 0 Å². The van der Waals surface area contributed by atoms with E-state index in [0.717, 1.165) is 51.2 Å². The Hall–Kier alpha value is -0.240. The van der Waals surface area contributed by atoms with Crippen LogP contribution >= 0.6 is 0 Å². The molecule has 0 aromatic rings. The molecular formula is C28H53NO5. The average Bonchev–Trinajstić information content (AvgIpc) is 2.84. The SMILES string of the molecule is CCCCCCOC1NC(C2CCCCC2)CCC1COC1CCC(OC(C)(C)C(O)O)CC1. The zero-order valence-corrected chi connectivity index (χ0v) is 22.2. The van der Waals surface area contributed by atoms with Crippen molar-refractivity contribution in [2.45, 2.75) is 153 Å². The zero-order chi connectivity index (χ0) is 24.4. The van der Waals surface area contributed by atoms with E-state index in [4.69, 9.17) is 14.2 Å². The number of aliphatic hydroxyl groups excluding tert-OH is 1. The Kier molecular flexibility index (Phi) is 12.1. The van der Waals surface area contributed by atoms with Crippen LogP contribution in [0.4, 0.5) is 0 Å². The second-order valence-corrected chi connectivity index (χ2v) is 11.7. The van der Waals surface area contributed by atoms with Gasteiger partial charge in [-0.25, -0.2) is 0 Å². The molecule has 0 amide bonds. The predicted octanol–water partition coefficient (Wildman–Crippen LogP) is 5.29. The minimum absolute atomic E-state index is 0.0726. The number of unbranched alkanes of at least 4 members (excludes halogenated alkanes) is 3. The van der Waals surface area contributed by atoms with Gasteiger partial charge in [0.15, 0.2) is 6.29 Å². The fourth-order valence-corrected chi connectivity index (χ4v) is 6.04. The molecular weight excluding hydrogens is 430 g/mol. The molecule has 0 spiro atoms. The predicted molar refractivity (Wildman–Crippen MR) is 135 cm³/mol. The third kappa shape index (κ3) is 9.01. The summed E-state index contributed by atoms with van der Waals surface area (Å²) in [5.74, 6) is 1.24. The van der Waals surface area contributed by atoms with Crippen molar-refractivity contribution in [3.63, 3.8) is 0 Å². The second kappa shape index (κ2) is 14.5. The Morgan fingerprint density at radius 1 is 0.824 bits per heavy atom. The lowest BCUT2D eigenvalue weighted by molar-refractivity contribution is -0.218. The van der Waals surface area contributed by atoms with Crippen molar-refractivity contribution in [2.24, 2.45) is 11.8 Å². The summed E-state index contributed by atoms with van der Waals surface area (Å²) in [6.07, 6.45) is 17.1. The van der Waals surface area contributed by atoms with Gasteiger partial charge in [-0.05, 0) is 77.6 Å². The van der Waals surface area contributed by atoms with Crippen molar-refractivity contribution in [2.75, 3.05) is 13.2 Å². The fraction of sp³-hybridized carbons (Fsp3) is 1.00. The highest BCUT2D eigenvalue weighted by Gasteiger charge is 2.36. The van der Waals surface area contributed by atoms with Gasteiger partial charge in [0.05, 0.1) is 18.8 Å². The third-order valence-corrected chi connectivity index (χ3v) is 8.43. The van der Waals surface area contributed by atoms with Gasteiger partial charge in [0.2, 0.25) is 0 Å². The number of rotatable bonds is 13. The lowest BCUT2D eigenvalue weighted by Gasteiger charge is -2.42. The van der Waals surface area contributed by atoms with Gasteiger partial charge in [-0.1, -0.05) is 45.4 Å². The fourth-order valence-electron chi connectivity index (χ4n) is 6.04.